The summed E-state index contributed by atoms with van der Waals surface area (Å²) in [7, 11) is 0. The first-order chi connectivity index (χ1) is 18.8. The number of benzene rings is 1. The SMILES string of the molecule is C=CC(=O)N1CCN2C(=O)c3c(N4CCN5C(=O)CCC5C4)nc(-c4c(O)cccc4F)c(Cl)c3OC[C@H]2C1. The Morgan fingerprint density at radius 3 is 2.69 bits per heavy atom. The van der Waals surface area contributed by atoms with Crippen molar-refractivity contribution in [3.8, 4) is 22.8 Å². The van der Waals surface area contributed by atoms with Crippen LogP contribution in [0.25, 0.3) is 11.3 Å². The molecule has 0 bridgehead atoms. The van der Waals surface area contributed by atoms with Crippen LogP contribution in [0.4, 0.5) is 10.2 Å². The van der Waals surface area contributed by atoms with Crippen LogP contribution in [0.15, 0.2) is 30.9 Å². The molecule has 5 heterocycles. The van der Waals surface area contributed by atoms with Gasteiger partial charge in [0.25, 0.3) is 5.91 Å². The van der Waals surface area contributed by atoms with E-state index in [1.54, 1.807) is 9.80 Å². The zero-order valence-electron chi connectivity index (χ0n) is 21.1. The average molecular weight is 556 g/mol. The van der Waals surface area contributed by atoms with E-state index in [0.717, 1.165) is 0 Å². The molecule has 0 radical (unpaired) electrons. The number of piperazine rings is 2. The zero-order valence-corrected chi connectivity index (χ0v) is 21.9. The topological polar surface area (TPSA) is 107 Å². The van der Waals surface area contributed by atoms with Crippen molar-refractivity contribution in [2.45, 2.75) is 24.9 Å². The predicted octanol–water partition coefficient (Wildman–Crippen LogP) is 2.29. The third-order valence-corrected chi connectivity index (χ3v) is 8.31. The lowest BCUT2D eigenvalue weighted by atomic mass is 10.0. The summed E-state index contributed by atoms with van der Waals surface area (Å²) in [6.07, 6.45) is 2.40. The first kappa shape index (κ1) is 25.4. The fourth-order valence-corrected chi connectivity index (χ4v) is 6.26. The van der Waals surface area contributed by atoms with Gasteiger partial charge in [0, 0.05) is 51.7 Å². The minimum atomic E-state index is -0.725. The molecule has 0 aliphatic carbocycles. The second-order valence-electron chi connectivity index (χ2n) is 10.1. The maximum absolute atomic E-state index is 15.0. The predicted molar refractivity (Wildman–Crippen MR) is 140 cm³/mol. The van der Waals surface area contributed by atoms with Crippen molar-refractivity contribution in [3.05, 3.63) is 47.3 Å². The molecule has 10 nitrogen and oxygen atoms in total. The Morgan fingerprint density at radius 1 is 1.13 bits per heavy atom. The molecular weight excluding hydrogens is 529 g/mol. The Balaban J connectivity index is 1.47. The van der Waals surface area contributed by atoms with Gasteiger partial charge in [0.1, 0.15) is 40.3 Å². The largest absolute Gasteiger partial charge is 0.507 e. The molecule has 1 unspecified atom stereocenters. The van der Waals surface area contributed by atoms with Gasteiger partial charge in [0.2, 0.25) is 11.8 Å². The van der Waals surface area contributed by atoms with Gasteiger partial charge in [0.05, 0.1) is 11.6 Å². The Labute approximate surface area is 229 Å². The van der Waals surface area contributed by atoms with E-state index in [4.69, 9.17) is 21.3 Å². The van der Waals surface area contributed by atoms with E-state index >= 15 is 4.39 Å². The number of halogens is 2. The fraction of sp³-hybridized carbons (Fsp3) is 0.407. The number of aromatic hydroxyl groups is 1. The Kier molecular flexibility index (Phi) is 6.33. The summed E-state index contributed by atoms with van der Waals surface area (Å²) in [6.45, 7) is 5.79. The molecule has 0 saturated carbocycles. The quantitative estimate of drug-likeness (QED) is 0.579. The van der Waals surface area contributed by atoms with Gasteiger partial charge < -0.3 is 29.4 Å². The summed E-state index contributed by atoms with van der Waals surface area (Å²) < 4.78 is 21.2. The Morgan fingerprint density at radius 2 is 1.92 bits per heavy atom. The first-order valence-electron chi connectivity index (χ1n) is 12.9. The summed E-state index contributed by atoms with van der Waals surface area (Å²) in [5.41, 5.74) is -0.0765. The second kappa shape index (κ2) is 9.71. The third kappa shape index (κ3) is 4.15. The number of phenolic OH excluding ortho intramolecular Hbond substituents is 1. The highest BCUT2D eigenvalue weighted by molar-refractivity contribution is 6.35. The minimum Gasteiger partial charge on any atom is -0.507 e. The molecule has 1 aromatic carbocycles. The van der Waals surface area contributed by atoms with Crippen LogP contribution in [-0.4, -0.2) is 100 Å². The molecule has 2 atom stereocenters. The van der Waals surface area contributed by atoms with E-state index in [-0.39, 0.29) is 82.6 Å². The molecule has 204 valence electrons. The molecule has 3 fully saturated rings. The van der Waals surface area contributed by atoms with Crippen molar-refractivity contribution in [1.82, 2.24) is 19.7 Å². The monoisotopic (exact) mass is 555 g/mol. The van der Waals surface area contributed by atoms with Crippen LogP contribution in [0.3, 0.4) is 0 Å². The molecule has 0 spiro atoms. The van der Waals surface area contributed by atoms with Gasteiger partial charge in [-0.3, -0.25) is 14.4 Å². The van der Waals surface area contributed by atoms with Gasteiger partial charge in [-0.25, -0.2) is 9.37 Å². The molecule has 4 aliphatic heterocycles. The highest BCUT2D eigenvalue weighted by Crippen LogP contribution is 2.46. The van der Waals surface area contributed by atoms with E-state index < -0.39 is 11.9 Å². The Hall–Kier alpha value is -3.86. The van der Waals surface area contributed by atoms with Gasteiger partial charge >= 0.3 is 0 Å². The molecule has 12 heteroatoms. The number of phenols is 1. The standard InChI is InChI=1S/C27H27ClFN5O5/c1-2-19(36)31-8-11-34-16(13-31)14-39-25-22(27(34)38)26(32-9-10-33-15(12-32)6-7-20(33)37)30-24(23(25)28)21-17(29)4-3-5-18(21)35/h2-5,15-16,35H,1,6-14H2/t15?,16-/m1/s1. The molecular formula is C27H27ClFN5O5. The third-order valence-electron chi connectivity index (χ3n) is 7.96. The maximum Gasteiger partial charge on any atom is 0.261 e. The van der Waals surface area contributed by atoms with Crippen LogP contribution < -0.4 is 9.64 Å². The van der Waals surface area contributed by atoms with Gasteiger partial charge in [-0.05, 0) is 24.6 Å². The highest BCUT2D eigenvalue weighted by Gasteiger charge is 2.43. The summed E-state index contributed by atoms with van der Waals surface area (Å²) in [5, 5.41) is 10.5. The van der Waals surface area contributed by atoms with Crippen molar-refractivity contribution in [2.24, 2.45) is 0 Å². The van der Waals surface area contributed by atoms with Crippen molar-refractivity contribution in [1.29, 1.82) is 0 Å². The molecule has 39 heavy (non-hydrogen) atoms. The number of hydrogen-bond acceptors (Lipinski definition) is 7. The number of nitrogens with zero attached hydrogens (tertiary/aromatic N) is 5. The molecule has 1 aromatic heterocycles. The number of anilines is 1. The van der Waals surface area contributed by atoms with Crippen molar-refractivity contribution in [3.63, 3.8) is 0 Å². The van der Waals surface area contributed by atoms with Crippen molar-refractivity contribution >= 4 is 35.1 Å². The van der Waals surface area contributed by atoms with Gasteiger partial charge in [-0.2, -0.15) is 0 Å². The van der Waals surface area contributed by atoms with E-state index in [2.05, 4.69) is 6.58 Å². The summed E-state index contributed by atoms with van der Waals surface area (Å²) in [4.78, 5) is 50.4. The van der Waals surface area contributed by atoms with Gasteiger partial charge in [0.15, 0.2) is 5.75 Å². The normalized spacial score (nSPS) is 22.6. The van der Waals surface area contributed by atoms with Crippen molar-refractivity contribution in [2.75, 3.05) is 50.8 Å². The number of ether oxygens (including phenoxy) is 1. The van der Waals surface area contributed by atoms with E-state index in [1.165, 1.54) is 24.3 Å². The van der Waals surface area contributed by atoms with Crippen LogP contribution in [0, 0.1) is 5.82 Å². The van der Waals surface area contributed by atoms with Crippen molar-refractivity contribution < 1.29 is 28.6 Å². The summed E-state index contributed by atoms with van der Waals surface area (Å²) in [5.74, 6) is -1.22. The lowest BCUT2D eigenvalue weighted by molar-refractivity contribution is -0.129. The van der Waals surface area contributed by atoms with E-state index in [9.17, 15) is 19.5 Å². The number of amides is 3. The average Bonchev–Trinajstić information content (AvgIpc) is 3.24. The molecule has 6 rings (SSSR count). The van der Waals surface area contributed by atoms with Crippen LogP contribution >= 0.6 is 11.6 Å². The number of fused-ring (bicyclic) bond motifs is 3. The highest BCUT2D eigenvalue weighted by atomic mass is 35.5. The molecule has 1 N–H and O–H groups in total. The van der Waals surface area contributed by atoms with Crippen LogP contribution in [-0.2, 0) is 9.59 Å². The zero-order chi connectivity index (χ0) is 27.4. The molecule has 4 aliphatic rings. The molecule has 2 aromatic rings. The van der Waals surface area contributed by atoms with Gasteiger partial charge in [-0.1, -0.05) is 24.2 Å². The van der Waals surface area contributed by atoms with Crippen LogP contribution in [0.2, 0.25) is 5.02 Å². The number of rotatable bonds is 3. The lowest BCUT2D eigenvalue weighted by Gasteiger charge is -2.40. The minimum absolute atomic E-state index is 0.0345. The maximum atomic E-state index is 15.0. The fourth-order valence-electron chi connectivity index (χ4n) is 5.97. The lowest BCUT2D eigenvalue weighted by Crippen LogP contribution is -2.57. The number of hydrogen-bond donors (Lipinski definition) is 1. The summed E-state index contributed by atoms with van der Waals surface area (Å²) >= 11 is 6.78. The molecule has 3 amide bonds. The Bertz CT molecular complexity index is 1380. The second-order valence-corrected chi connectivity index (χ2v) is 10.5. The first-order valence-corrected chi connectivity index (χ1v) is 13.3. The summed E-state index contributed by atoms with van der Waals surface area (Å²) in [6, 6.07) is 3.42. The van der Waals surface area contributed by atoms with Crippen LogP contribution in [0.5, 0.6) is 11.5 Å². The molecule has 3 saturated heterocycles. The smallest absolute Gasteiger partial charge is 0.261 e. The number of carbonyl (C=O) groups is 3. The van der Waals surface area contributed by atoms with E-state index in [0.29, 0.717) is 39.0 Å². The van der Waals surface area contributed by atoms with Crippen LogP contribution in [0.1, 0.15) is 23.2 Å². The van der Waals surface area contributed by atoms with E-state index in [1.807, 2.05) is 9.80 Å². The number of aromatic nitrogens is 1. The van der Waals surface area contributed by atoms with Gasteiger partial charge in [-0.15, -0.1) is 0 Å². The number of carbonyl (C=O) groups excluding carboxylic acids is 3. The number of pyridine rings is 1.